The summed E-state index contributed by atoms with van der Waals surface area (Å²) in [5, 5.41) is 14.2. The average molecular weight is 520 g/mol. The maximum Gasteiger partial charge on any atom is 0.251 e. The molecule has 1 atom stereocenters. The second-order valence-electron chi connectivity index (χ2n) is 8.44. The van der Waals surface area contributed by atoms with Crippen LogP contribution < -0.4 is 16.4 Å². The SMILES string of the molecule is NC[C@H](NC(=O)c1ccc(C#Cc2ccc(NC(=O)CCCc3ccc(F)c(F)c3)cc2)cc1)C(=O)CO. The summed E-state index contributed by atoms with van der Waals surface area (Å²) >= 11 is 0. The summed E-state index contributed by atoms with van der Waals surface area (Å²) in [7, 11) is 0. The molecule has 3 rings (SSSR count). The molecule has 0 spiro atoms. The van der Waals surface area contributed by atoms with E-state index in [4.69, 9.17) is 10.8 Å². The first-order valence-corrected chi connectivity index (χ1v) is 11.9. The van der Waals surface area contributed by atoms with Crippen LogP contribution in [0.4, 0.5) is 14.5 Å². The van der Waals surface area contributed by atoms with Gasteiger partial charge in [0.1, 0.15) is 12.6 Å². The normalized spacial score (nSPS) is 11.2. The molecule has 3 aromatic carbocycles. The Morgan fingerprint density at radius 3 is 2.11 bits per heavy atom. The summed E-state index contributed by atoms with van der Waals surface area (Å²) < 4.78 is 26.3. The quantitative estimate of drug-likeness (QED) is 0.307. The fourth-order valence-electron chi connectivity index (χ4n) is 3.48. The smallest absolute Gasteiger partial charge is 0.251 e. The predicted molar refractivity (Wildman–Crippen MR) is 139 cm³/mol. The van der Waals surface area contributed by atoms with Crippen LogP contribution in [0.5, 0.6) is 0 Å². The largest absolute Gasteiger partial charge is 0.388 e. The van der Waals surface area contributed by atoms with Crippen LogP contribution in [-0.2, 0) is 16.0 Å². The Balaban J connectivity index is 1.49. The number of benzene rings is 3. The van der Waals surface area contributed by atoms with E-state index < -0.39 is 36.0 Å². The van der Waals surface area contributed by atoms with E-state index in [0.29, 0.717) is 35.2 Å². The summed E-state index contributed by atoms with van der Waals surface area (Å²) in [6, 6.07) is 16.2. The van der Waals surface area contributed by atoms with Crippen molar-refractivity contribution in [3.8, 4) is 11.8 Å². The van der Waals surface area contributed by atoms with Crippen LogP contribution in [-0.4, -0.2) is 41.9 Å². The first-order valence-electron chi connectivity index (χ1n) is 11.9. The van der Waals surface area contributed by atoms with E-state index in [-0.39, 0.29) is 18.9 Å². The molecule has 0 saturated carbocycles. The molecule has 0 aliphatic carbocycles. The van der Waals surface area contributed by atoms with Crippen LogP contribution in [0.3, 0.4) is 0 Å². The van der Waals surface area contributed by atoms with Crippen molar-refractivity contribution in [3.63, 3.8) is 0 Å². The van der Waals surface area contributed by atoms with Gasteiger partial charge in [-0.15, -0.1) is 0 Å². The Hall–Kier alpha value is -4.39. The topological polar surface area (TPSA) is 122 Å². The van der Waals surface area contributed by atoms with Gasteiger partial charge in [0, 0.05) is 35.3 Å². The molecule has 2 amide bonds. The number of amides is 2. The van der Waals surface area contributed by atoms with E-state index in [0.717, 1.165) is 17.7 Å². The number of aliphatic hydroxyl groups is 1. The Morgan fingerprint density at radius 1 is 0.895 bits per heavy atom. The minimum Gasteiger partial charge on any atom is -0.388 e. The highest BCUT2D eigenvalue weighted by molar-refractivity contribution is 5.98. The van der Waals surface area contributed by atoms with Gasteiger partial charge in [0.2, 0.25) is 5.91 Å². The van der Waals surface area contributed by atoms with Crippen LogP contribution >= 0.6 is 0 Å². The van der Waals surface area contributed by atoms with Crippen LogP contribution in [0.2, 0.25) is 0 Å². The maximum absolute atomic E-state index is 13.3. The van der Waals surface area contributed by atoms with Crippen LogP contribution in [0.1, 0.15) is 39.9 Å². The van der Waals surface area contributed by atoms with Crippen molar-refractivity contribution >= 4 is 23.3 Å². The molecule has 0 aromatic heterocycles. The van der Waals surface area contributed by atoms with Gasteiger partial charge in [0.15, 0.2) is 17.4 Å². The number of nitrogens with one attached hydrogen (secondary N) is 2. The first kappa shape index (κ1) is 28.2. The summed E-state index contributed by atoms with van der Waals surface area (Å²) in [6.45, 7) is -0.816. The minimum absolute atomic E-state index is 0.114. The zero-order chi connectivity index (χ0) is 27.5. The zero-order valence-electron chi connectivity index (χ0n) is 20.5. The van der Waals surface area contributed by atoms with Crippen molar-refractivity contribution in [2.75, 3.05) is 18.5 Å². The van der Waals surface area contributed by atoms with E-state index in [1.54, 1.807) is 48.5 Å². The van der Waals surface area contributed by atoms with Gasteiger partial charge >= 0.3 is 0 Å². The van der Waals surface area contributed by atoms with Crippen molar-refractivity contribution in [1.29, 1.82) is 0 Å². The van der Waals surface area contributed by atoms with Gasteiger partial charge in [-0.1, -0.05) is 17.9 Å². The highest BCUT2D eigenvalue weighted by atomic mass is 19.2. The molecule has 0 aliphatic rings. The molecule has 0 aliphatic heterocycles. The number of rotatable bonds is 10. The number of aliphatic hydroxyl groups excluding tert-OH is 1. The summed E-state index contributed by atoms with van der Waals surface area (Å²) in [5.41, 5.74) is 8.42. The lowest BCUT2D eigenvalue weighted by atomic mass is 10.1. The van der Waals surface area contributed by atoms with Crippen molar-refractivity contribution in [1.82, 2.24) is 5.32 Å². The second-order valence-corrected chi connectivity index (χ2v) is 8.44. The summed E-state index contributed by atoms with van der Waals surface area (Å²) in [5.74, 6) is 2.97. The highest BCUT2D eigenvalue weighted by Gasteiger charge is 2.18. The van der Waals surface area contributed by atoms with Crippen molar-refractivity contribution in [2.45, 2.75) is 25.3 Å². The van der Waals surface area contributed by atoms with Crippen molar-refractivity contribution < 1.29 is 28.3 Å². The fraction of sp³-hybridized carbons (Fsp3) is 0.207. The van der Waals surface area contributed by atoms with Crippen LogP contribution in [0, 0.1) is 23.5 Å². The fourth-order valence-corrected chi connectivity index (χ4v) is 3.48. The summed E-state index contributed by atoms with van der Waals surface area (Å²) in [4.78, 5) is 36.0. The standard InChI is InChI=1S/C29H27F2N3O4/c30-24-15-10-21(16-25(24)31)2-1-3-28(37)33-23-13-8-20(9-14-23)5-4-19-6-11-22(12-7-19)29(38)34-26(17-32)27(36)18-35/h6-16,26,35H,1-3,17-18,32H2,(H,33,37)(H,34,38)/t26-/m0/s1. The van der Waals surface area contributed by atoms with E-state index in [2.05, 4.69) is 22.5 Å². The lowest BCUT2D eigenvalue weighted by molar-refractivity contribution is -0.123. The lowest BCUT2D eigenvalue weighted by Crippen LogP contribution is -2.46. The van der Waals surface area contributed by atoms with Gasteiger partial charge in [-0.05, 0) is 79.1 Å². The van der Waals surface area contributed by atoms with Crippen LogP contribution in [0.15, 0.2) is 66.7 Å². The number of Topliss-reactive ketones (excluding diaryl/α,β-unsaturated/α-hetero) is 1. The third-order valence-corrected chi connectivity index (χ3v) is 5.61. The maximum atomic E-state index is 13.3. The molecule has 0 radical (unpaired) electrons. The summed E-state index contributed by atoms with van der Waals surface area (Å²) in [6.07, 6.45) is 1.19. The van der Waals surface area contributed by atoms with Crippen LogP contribution in [0.25, 0.3) is 0 Å². The number of halogens is 2. The van der Waals surface area contributed by atoms with Gasteiger partial charge < -0.3 is 21.5 Å². The number of nitrogens with two attached hydrogens (primary N) is 1. The highest BCUT2D eigenvalue weighted by Crippen LogP contribution is 2.13. The number of hydrogen-bond donors (Lipinski definition) is 4. The Morgan fingerprint density at radius 2 is 1.53 bits per heavy atom. The molecule has 196 valence electrons. The monoisotopic (exact) mass is 519 g/mol. The third kappa shape index (κ3) is 8.34. The molecule has 0 heterocycles. The second kappa shape index (κ2) is 13.8. The van der Waals surface area contributed by atoms with E-state index in [1.165, 1.54) is 6.07 Å². The molecular formula is C29H27F2N3O4. The van der Waals surface area contributed by atoms with Crippen molar-refractivity contribution in [2.24, 2.45) is 5.73 Å². The Kier molecular flexibility index (Phi) is 10.2. The third-order valence-electron chi connectivity index (χ3n) is 5.61. The molecular weight excluding hydrogens is 492 g/mol. The first-order chi connectivity index (χ1) is 18.3. The molecule has 0 unspecified atom stereocenters. The number of carbonyl (C=O) groups excluding carboxylic acids is 3. The van der Waals surface area contributed by atoms with Gasteiger partial charge in [0.05, 0.1) is 0 Å². The van der Waals surface area contributed by atoms with E-state index >= 15 is 0 Å². The lowest BCUT2D eigenvalue weighted by Gasteiger charge is -2.14. The Bertz CT molecular complexity index is 1350. The number of anilines is 1. The average Bonchev–Trinajstić information content (AvgIpc) is 2.93. The molecule has 38 heavy (non-hydrogen) atoms. The number of ketones is 1. The minimum atomic E-state index is -0.952. The zero-order valence-corrected chi connectivity index (χ0v) is 20.5. The van der Waals surface area contributed by atoms with Gasteiger partial charge in [-0.25, -0.2) is 8.78 Å². The van der Waals surface area contributed by atoms with E-state index in [9.17, 15) is 23.2 Å². The van der Waals surface area contributed by atoms with E-state index in [1.807, 2.05) is 0 Å². The van der Waals surface area contributed by atoms with Gasteiger partial charge in [-0.2, -0.15) is 0 Å². The molecule has 7 nitrogen and oxygen atoms in total. The number of hydrogen-bond acceptors (Lipinski definition) is 5. The van der Waals surface area contributed by atoms with Gasteiger partial charge in [0.25, 0.3) is 5.91 Å². The Labute approximate surface area is 219 Å². The molecule has 0 saturated heterocycles. The number of carbonyl (C=O) groups is 3. The van der Waals surface area contributed by atoms with Crippen molar-refractivity contribution in [3.05, 3.63) is 101 Å². The number of aryl methyl sites for hydroxylation is 1. The molecule has 3 aromatic rings. The molecule has 0 fully saturated rings. The molecule has 9 heteroatoms. The molecule has 0 bridgehead atoms. The predicted octanol–water partition coefficient (Wildman–Crippen LogP) is 2.94. The van der Waals surface area contributed by atoms with Gasteiger partial charge in [-0.3, -0.25) is 14.4 Å². The molecule has 5 N–H and O–H groups in total.